The zero-order valence-corrected chi connectivity index (χ0v) is 13.1. The van der Waals surface area contributed by atoms with Gasteiger partial charge in [0, 0.05) is 17.3 Å². The summed E-state index contributed by atoms with van der Waals surface area (Å²) in [7, 11) is 0. The summed E-state index contributed by atoms with van der Waals surface area (Å²) in [5.74, 6) is -0.359. The van der Waals surface area contributed by atoms with Crippen molar-refractivity contribution in [2.45, 2.75) is 65.3 Å². The lowest BCUT2D eigenvalue weighted by atomic mass is 9.80. The van der Waals surface area contributed by atoms with E-state index >= 15 is 0 Å². The van der Waals surface area contributed by atoms with E-state index in [-0.39, 0.29) is 18.2 Å². The number of aryl methyl sites for hydroxylation is 1. The Labute approximate surface area is 125 Å². The minimum absolute atomic E-state index is 0.0585. The summed E-state index contributed by atoms with van der Waals surface area (Å²) in [6, 6.07) is 0.104. The molecule has 1 saturated carbocycles. The Morgan fingerprint density at radius 2 is 2.05 bits per heavy atom. The van der Waals surface area contributed by atoms with Crippen LogP contribution >= 0.6 is 0 Å². The van der Waals surface area contributed by atoms with E-state index in [4.69, 9.17) is 5.11 Å². The molecule has 1 heterocycles. The van der Waals surface area contributed by atoms with Crippen LogP contribution in [-0.2, 0) is 24.1 Å². The van der Waals surface area contributed by atoms with Crippen LogP contribution in [0.15, 0.2) is 4.79 Å². The number of hydrogen-bond acceptors (Lipinski definition) is 3. The molecule has 2 rings (SSSR count). The summed E-state index contributed by atoms with van der Waals surface area (Å²) < 4.78 is 1.75. The highest BCUT2D eigenvalue weighted by atomic mass is 16.4. The van der Waals surface area contributed by atoms with E-state index in [1.165, 1.54) is 6.42 Å². The van der Waals surface area contributed by atoms with Crippen molar-refractivity contribution in [3.63, 3.8) is 0 Å². The summed E-state index contributed by atoms with van der Waals surface area (Å²) in [5.41, 5.74) is 2.00. The van der Waals surface area contributed by atoms with Crippen molar-refractivity contribution in [2.75, 3.05) is 0 Å². The second kappa shape index (κ2) is 6.41. The van der Waals surface area contributed by atoms with Crippen molar-refractivity contribution in [1.82, 2.24) is 9.55 Å². The largest absolute Gasteiger partial charge is 0.481 e. The third-order valence-electron chi connectivity index (χ3n) is 4.66. The zero-order valence-electron chi connectivity index (χ0n) is 13.1. The van der Waals surface area contributed by atoms with Gasteiger partial charge in [0.15, 0.2) is 0 Å². The lowest BCUT2D eigenvalue weighted by Crippen LogP contribution is -2.36. The second-order valence-corrected chi connectivity index (χ2v) is 5.85. The number of carboxylic acids is 1. The summed E-state index contributed by atoms with van der Waals surface area (Å²) in [6.45, 7) is 5.94. The maximum Gasteiger partial charge on any atom is 0.348 e. The van der Waals surface area contributed by atoms with E-state index in [0.29, 0.717) is 24.5 Å². The van der Waals surface area contributed by atoms with Crippen LogP contribution in [-0.4, -0.2) is 20.6 Å². The van der Waals surface area contributed by atoms with Crippen LogP contribution in [0.5, 0.6) is 0 Å². The van der Waals surface area contributed by atoms with Crippen LogP contribution in [0.1, 0.15) is 63.0 Å². The van der Waals surface area contributed by atoms with E-state index in [9.17, 15) is 9.59 Å². The molecular weight excluding hydrogens is 268 g/mol. The van der Waals surface area contributed by atoms with Crippen molar-refractivity contribution in [3.05, 3.63) is 27.4 Å². The molecule has 1 unspecified atom stereocenters. The Bertz CT molecular complexity index is 588. The topological polar surface area (TPSA) is 72.2 Å². The molecule has 0 spiro atoms. The van der Waals surface area contributed by atoms with Crippen LogP contribution < -0.4 is 5.69 Å². The lowest BCUT2D eigenvalue weighted by molar-refractivity contribution is -0.136. The second-order valence-electron chi connectivity index (χ2n) is 5.85. The quantitative estimate of drug-likeness (QED) is 0.873. The fraction of sp³-hybridized carbons (Fsp3) is 0.688. The molecule has 0 amide bonds. The molecule has 1 fully saturated rings. The van der Waals surface area contributed by atoms with Gasteiger partial charge in [-0.1, -0.05) is 20.3 Å². The minimum atomic E-state index is -0.873. The average molecular weight is 292 g/mol. The number of carboxylic acid groups (broad SMARTS) is 1. The fourth-order valence-corrected chi connectivity index (χ4v) is 3.25. The van der Waals surface area contributed by atoms with Gasteiger partial charge < -0.3 is 5.11 Å². The standard InChI is InChI=1S/C16H24N2O3/c1-4-13-12(9-15(19)20)14(5-2)18(16(21)17-13)10(3)11-7-6-8-11/h10-11H,4-9H2,1-3H3,(H,19,20). The number of nitrogens with zero attached hydrogens (tertiary/aromatic N) is 2. The van der Waals surface area contributed by atoms with Crippen LogP contribution in [0.25, 0.3) is 0 Å². The van der Waals surface area contributed by atoms with E-state index in [1.807, 2.05) is 13.8 Å². The molecule has 1 aliphatic rings. The summed E-state index contributed by atoms with van der Waals surface area (Å²) in [4.78, 5) is 27.7. The van der Waals surface area contributed by atoms with Gasteiger partial charge >= 0.3 is 11.7 Å². The van der Waals surface area contributed by atoms with Gasteiger partial charge in [-0.15, -0.1) is 0 Å². The van der Waals surface area contributed by atoms with Crippen molar-refractivity contribution in [1.29, 1.82) is 0 Å². The number of rotatable bonds is 6. The van der Waals surface area contributed by atoms with E-state index < -0.39 is 5.97 Å². The molecule has 0 aliphatic heterocycles. The molecule has 116 valence electrons. The first-order valence-corrected chi connectivity index (χ1v) is 7.84. The summed E-state index contributed by atoms with van der Waals surface area (Å²) in [5, 5.41) is 9.16. The summed E-state index contributed by atoms with van der Waals surface area (Å²) >= 11 is 0. The Hall–Kier alpha value is -1.65. The number of aromatic nitrogens is 2. The predicted molar refractivity (Wildman–Crippen MR) is 80.6 cm³/mol. The van der Waals surface area contributed by atoms with E-state index in [1.54, 1.807) is 4.57 Å². The Morgan fingerprint density at radius 3 is 2.48 bits per heavy atom. The Balaban J connectivity index is 2.57. The average Bonchev–Trinajstić information content (AvgIpc) is 2.36. The van der Waals surface area contributed by atoms with Crippen LogP contribution in [0, 0.1) is 5.92 Å². The molecule has 21 heavy (non-hydrogen) atoms. The van der Waals surface area contributed by atoms with Crippen molar-refractivity contribution >= 4 is 5.97 Å². The molecule has 1 aliphatic carbocycles. The number of carbonyl (C=O) groups is 1. The van der Waals surface area contributed by atoms with Gasteiger partial charge in [-0.2, -0.15) is 4.98 Å². The smallest absolute Gasteiger partial charge is 0.348 e. The fourth-order valence-electron chi connectivity index (χ4n) is 3.25. The molecule has 1 atom stereocenters. The van der Waals surface area contributed by atoms with Gasteiger partial charge in [0.05, 0.1) is 12.1 Å². The van der Waals surface area contributed by atoms with Crippen molar-refractivity contribution in [2.24, 2.45) is 5.92 Å². The Morgan fingerprint density at radius 1 is 1.38 bits per heavy atom. The minimum Gasteiger partial charge on any atom is -0.481 e. The van der Waals surface area contributed by atoms with Gasteiger partial charge in [-0.3, -0.25) is 9.36 Å². The monoisotopic (exact) mass is 292 g/mol. The Kier molecular flexibility index (Phi) is 4.80. The van der Waals surface area contributed by atoms with Gasteiger partial charge in [0.2, 0.25) is 0 Å². The van der Waals surface area contributed by atoms with Gasteiger partial charge in [0.25, 0.3) is 0 Å². The highest BCUT2D eigenvalue weighted by Crippen LogP contribution is 2.36. The molecule has 0 saturated heterocycles. The molecule has 5 nitrogen and oxygen atoms in total. The van der Waals surface area contributed by atoms with Crippen molar-refractivity contribution in [3.8, 4) is 0 Å². The molecule has 1 aromatic rings. The number of aliphatic carboxylic acids is 1. The van der Waals surface area contributed by atoms with E-state index in [2.05, 4.69) is 11.9 Å². The zero-order chi connectivity index (χ0) is 15.6. The lowest BCUT2D eigenvalue weighted by Gasteiger charge is -2.34. The van der Waals surface area contributed by atoms with Crippen LogP contribution in [0.3, 0.4) is 0 Å². The highest BCUT2D eigenvalue weighted by molar-refractivity contribution is 5.71. The molecule has 0 radical (unpaired) electrons. The maximum atomic E-state index is 12.4. The van der Waals surface area contributed by atoms with Crippen LogP contribution in [0.4, 0.5) is 0 Å². The molecular formula is C16H24N2O3. The van der Waals surface area contributed by atoms with Crippen LogP contribution in [0.2, 0.25) is 0 Å². The molecule has 0 bridgehead atoms. The molecule has 0 aromatic carbocycles. The summed E-state index contributed by atoms with van der Waals surface area (Å²) in [6.07, 6.45) is 4.68. The SMILES string of the molecule is CCc1nc(=O)n(C(C)C2CCC2)c(CC)c1CC(=O)O. The van der Waals surface area contributed by atoms with Gasteiger partial charge in [-0.25, -0.2) is 4.79 Å². The third kappa shape index (κ3) is 3.01. The first kappa shape index (κ1) is 15.7. The third-order valence-corrected chi connectivity index (χ3v) is 4.66. The van der Waals surface area contributed by atoms with Crippen molar-refractivity contribution < 1.29 is 9.90 Å². The molecule has 1 aromatic heterocycles. The predicted octanol–water partition coefficient (Wildman–Crippen LogP) is 2.36. The highest BCUT2D eigenvalue weighted by Gasteiger charge is 2.28. The van der Waals surface area contributed by atoms with Gasteiger partial charge in [0.1, 0.15) is 0 Å². The number of hydrogen-bond donors (Lipinski definition) is 1. The first-order chi connectivity index (χ1) is 9.99. The maximum absolute atomic E-state index is 12.4. The molecule has 5 heteroatoms. The van der Waals surface area contributed by atoms with Gasteiger partial charge in [-0.05, 0) is 38.5 Å². The normalized spacial score (nSPS) is 16.5. The van der Waals surface area contributed by atoms with E-state index in [0.717, 1.165) is 24.1 Å². The first-order valence-electron chi connectivity index (χ1n) is 7.84. The molecule has 1 N–H and O–H groups in total.